The first-order chi connectivity index (χ1) is 11.8. The topological polar surface area (TPSA) is 43.2 Å². The molecule has 2 saturated heterocycles. The van der Waals surface area contributed by atoms with Crippen LogP contribution in [0.25, 0.3) is 11.3 Å². The zero-order valence-corrected chi connectivity index (χ0v) is 14.5. The van der Waals surface area contributed by atoms with Gasteiger partial charge in [-0.1, -0.05) is 28.9 Å². The molecule has 0 bridgehead atoms. The summed E-state index contributed by atoms with van der Waals surface area (Å²) in [6.07, 6.45) is 5.53. The second kappa shape index (κ2) is 7.21. The van der Waals surface area contributed by atoms with Gasteiger partial charge in [0.05, 0.1) is 18.8 Å². The molecule has 3 heterocycles. The summed E-state index contributed by atoms with van der Waals surface area (Å²) in [6, 6.07) is 8.22. The Morgan fingerprint density at radius 2 is 2.08 bits per heavy atom. The van der Waals surface area contributed by atoms with Gasteiger partial charge in [-0.3, -0.25) is 0 Å². The van der Waals surface area contributed by atoms with E-state index in [-0.39, 0.29) is 0 Å². The van der Waals surface area contributed by atoms with E-state index in [4.69, 9.17) is 16.3 Å². The average Bonchev–Trinajstić information content (AvgIpc) is 3.27. The maximum absolute atomic E-state index is 6.07. The van der Waals surface area contributed by atoms with E-state index in [1.54, 1.807) is 0 Å². The third-order valence-corrected chi connectivity index (χ3v) is 5.34. The first-order valence-corrected chi connectivity index (χ1v) is 9.13. The molecule has 0 spiro atoms. The molecule has 2 fully saturated rings. The van der Waals surface area contributed by atoms with Crippen LogP contribution >= 0.6 is 11.6 Å². The molecule has 0 N–H and O–H groups in total. The van der Waals surface area contributed by atoms with Gasteiger partial charge in [0.25, 0.3) is 0 Å². The minimum Gasteiger partial charge on any atom is -0.381 e. The minimum atomic E-state index is 0.446. The molecule has 0 aliphatic carbocycles. The zero-order valence-electron chi connectivity index (χ0n) is 13.8. The number of hydrogen-bond acceptors (Lipinski definition) is 4. The molecule has 128 valence electrons. The van der Waals surface area contributed by atoms with Gasteiger partial charge in [0.15, 0.2) is 0 Å². The van der Waals surface area contributed by atoms with E-state index in [0.717, 1.165) is 61.3 Å². The Kier molecular flexibility index (Phi) is 4.83. The quantitative estimate of drug-likeness (QED) is 0.852. The first-order valence-electron chi connectivity index (χ1n) is 8.76. The molecule has 0 radical (unpaired) electrons. The summed E-state index contributed by atoms with van der Waals surface area (Å²) in [5.74, 6) is 0.724. The summed E-state index contributed by atoms with van der Waals surface area (Å²) < 4.78 is 7.52. The van der Waals surface area contributed by atoms with Gasteiger partial charge in [0.1, 0.15) is 5.69 Å². The van der Waals surface area contributed by atoms with Gasteiger partial charge < -0.3 is 9.64 Å². The summed E-state index contributed by atoms with van der Waals surface area (Å²) in [4.78, 5) is 2.57. The molecule has 2 aliphatic heterocycles. The number of benzene rings is 1. The molecule has 0 amide bonds. The number of ether oxygens (including phenoxy) is 1. The lowest BCUT2D eigenvalue weighted by Gasteiger charge is -2.33. The van der Waals surface area contributed by atoms with Crippen molar-refractivity contribution in [3.05, 3.63) is 35.5 Å². The van der Waals surface area contributed by atoms with Gasteiger partial charge in [-0.05, 0) is 37.3 Å². The standard InChI is InChI=1S/C18H23ClN4O/c19-16-3-1-2-15(10-16)18-12-23(21-20-18)17-4-7-22(8-5-17)11-14-6-9-24-13-14/h1-3,10,12,14,17H,4-9,11,13H2/t14-/m1/s1. The molecule has 0 saturated carbocycles. The van der Waals surface area contributed by atoms with Crippen LogP contribution < -0.4 is 0 Å². The maximum Gasteiger partial charge on any atom is 0.113 e. The zero-order chi connectivity index (χ0) is 16.4. The van der Waals surface area contributed by atoms with Crippen LogP contribution in [0.3, 0.4) is 0 Å². The van der Waals surface area contributed by atoms with Crippen LogP contribution in [0.2, 0.25) is 5.02 Å². The van der Waals surface area contributed by atoms with Crippen LogP contribution in [-0.2, 0) is 4.74 Å². The molecule has 24 heavy (non-hydrogen) atoms. The van der Waals surface area contributed by atoms with E-state index >= 15 is 0 Å². The highest BCUT2D eigenvalue weighted by Crippen LogP contribution is 2.26. The number of rotatable bonds is 4. The van der Waals surface area contributed by atoms with Gasteiger partial charge in [0, 0.05) is 36.8 Å². The van der Waals surface area contributed by atoms with E-state index in [1.807, 2.05) is 28.9 Å². The average molecular weight is 347 g/mol. The Balaban J connectivity index is 1.36. The number of piperidine rings is 1. The lowest BCUT2D eigenvalue weighted by molar-refractivity contribution is 0.139. The van der Waals surface area contributed by atoms with Crippen molar-refractivity contribution in [3.8, 4) is 11.3 Å². The fourth-order valence-corrected chi connectivity index (χ4v) is 3.88. The third kappa shape index (κ3) is 3.63. The van der Waals surface area contributed by atoms with Crippen molar-refractivity contribution in [2.75, 3.05) is 32.8 Å². The molecule has 0 unspecified atom stereocenters. The molecule has 4 rings (SSSR count). The fraction of sp³-hybridized carbons (Fsp3) is 0.556. The highest BCUT2D eigenvalue weighted by Gasteiger charge is 2.25. The van der Waals surface area contributed by atoms with E-state index in [9.17, 15) is 0 Å². The van der Waals surface area contributed by atoms with Gasteiger partial charge in [-0.2, -0.15) is 0 Å². The Bertz CT molecular complexity index is 675. The van der Waals surface area contributed by atoms with Crippen LogP contribution in [0.1, 0.15) is 25.3 Å². The molecular formula is C18H23ClN4O. The molecule has 1 atom stereocenters. The predicted molar refractivity (Wildman–Crippen MR) is 94.1 cm³/mol. The van der Waals surface area contributed by atoms with Crippen LogP contribution in [0.15, 0.2) is 30.5 Å². The van der Waals surface area contributed by atoms with Gasteiger partial charge in [-0.25, -0.2) is 4.68 Å². The normalized spacial score (nSPS) is 23.0. The number of aromatic nitrogens is 3. The number of nitrogens with zero attached hydrogens (tertiary/aromatic N) is 4. The molecule has 5 nitrogen and oxygen atoms in total. The van der Waals surface area contributed by atoms with Crippen LogP contribution in [0.5, 0.6) is 0 Å². The van der Waals surface area contributed by atoms with Crippen LogP contribution in [0.4, 0.5) is 0 Å². The van der Waals surface area contributed by atoms with Gasteiger partial charge in [0.2, 0.25) is 0 Å². The van der Waals surface area contributed by atoms with Crippen molar-refractivity contribution in [2.45, 2.75) is 25.3 Å². The second-order valence-electron chi connectivity index (χ2n) is 6.86. The fourth-order valence-electron chi connectivity index (χ4n) is 3.69. The summed E-state index contributed by atoms with van der Waals surface area (Å²) in [6.45, 7) is 5.32. The van der Waals surface area contributed by atoms with Crippen molar-refractivity contribution in [1.29, 1.82) is 0 Å². The Hall–Kier alpha value is -1.43. The summed E-state index contributed by atoms with van der Waals surface area (Å²) in [5.41, 5.74) is 1.91. The lowest BCUT2D eigenvalue weighted by Crippen LogP contribution is -2.38. The third-order valence-electron chi connectivity index (χ3n) is 5.10. The molecule has 1 aromatic heterocycles. The van der Waals surface area contributed by atoms with E-state index in [1.165, 1.54) is 13.0 Å². The largest absolute Gasteiger partial charge is 0.381 e. The van der Waals surface area contributed by atoms with Crippen molar-refractivity contribution < 1.29 is 4.74 Å². The Labute approximate surface area is 147 Å². The smallest absolute Gasteiger partial charge is 0.113 e. The first kappa shape index (κ1) is 16.1. The van der Waals surface area contributed by atoms with E-state index < -0.39 is 0 Å². The van der Waals surface area contributed by atoms with Crippen LogP contribution in [-0.4, -0.2) is 52.7 Å². The van der Waals surface area contributed by atoms with E-state index in [2.05, 4.69) is 21.4 Å². The summed E-state index contributed by atoms with van der Waals surface area (Å²) in [5, 5.41) is 9.42. The monoisotopic (exact) mass is 346 g/mol. The highest BCUT2D eigenvalue weighted by molar-refractivity contribution is 6.30. The predicted octanol–water partition coefficient (Wildman–Crippen LogP) is 3.27. The number of halogens is 1. The number of hydrogen-bond donors (Lipinski definition) is 0. The second-order valence-corrected chi connectivity index (χ2v) is 7.29. The van der Waals surface area contributed by atoms with Crippen molar-refractivity contribution in [1.82, 2.24) is 19.9 Å². The molecule has 2 aromatic rings. The lowest BCUT2D eigenvalue weighted by atomic mass is 10.0. The Morgan fingerprint density at radius 1 is 1.21 bits per heavy atom. The molecule has 6 heteroatoms. The highest BCUT2D eigenvalue weighted by atomic mass is 35.5. The SMILES string of the molecule is Clc1cccc(-c2cn(C3CCN(C[C@H]4CCOC4)CC3)nn2)c1. The minimum absolute atomic E-state index is 0.446. The van der Waals surface area contributed by atoms with Crippen LogP contribution in [0, 0.1) is 5.92 Å². The molecular weight excluding hydrogens is 324 g/mol. The summed E-state index contributed by atoms with van der Waals surface area (Å²) >= 11 is 6.07. The van der Waals surface area contributed by atoms with Gasteiger partial charge >= 0.3 is 0 Å². The Morgan fingerprint density at radius 3 is 2.83 bits per heavy atom. The molecule has 1 aromatic carbocycles. The van der Waals surface area contributed by atoms with Gasteiger partial charge in [-0.15, -0.1) is 5.10 Å². The summed E-state index contributed by atoms with van der Waals surface area (Å²) in [7, 11) is 0. The number of likely N-dealkylation sites (tertiary alicyclic amines) is 1. The molecule has 2 aliphatic rings. The maximum atomic E-state index is 6.07. The van der Waals surface area contributed by atoms with Crippen molar-refractivity contribution in [2.24, 2.45) is 5.92 Å². The van der Waals surface area contributed by atoms with E-state index in [0.29, 0.717) is 6.04 Å². The van der Waals surface area contributed by atoms with Crippen molar-refractivity contribution in [3.63, 3.8) is 0 Å². The van der Waals surface area contributed by atoms with Crippen molar-refractivity contribution >= 4 is 11.6 Å².